The standard InChI is InChI=1S/2C19H16N2.C14H17BrN2.C9H8/c1-13-18(14-8-4-3-5-9-14)19-16(12-20-13)15-10-6-7-11-17(15)21(19)2;1-13-18(14-8-4-3-5-9-14)20-12-16-15-10-6-7-11-17(15)21(2)19(13)16;1-14(2,3)16-9-11-10-7-5-6-8-12(10)17(4)13(11)15;1-2-6-9-7-4-3-5-8-9/h2*3-12H,1-2H3;5-9H,1-4H3;3-5,7-8H,1H3. The highest BCUT2D eigenvalue weighted by molar-refractivity contribution is 9.10. The molecular weight excluding hydrogens is 897 g/mol. The number of hydrogen-bond acceptors (Lipinski definition) is 3. The van der Waals surface area contributed by atoms with Gasteiger partial charge in [-0.15, -0.1) is 5.92 Å². The number of aryl methyl sites for hydroxylation is 5. The number of fused-ring (bicyclic) bond motifs is 7. The summed E-state index contributed by atoms with van der Waals surface area (Å²) in [7, 11) is 6.32. The summed E-state index contributed by atoms with van der Waals surface area (Å²) in [6.07, 6.45) is 5.97. The maximum Gasteiger partial charge on any atom is 0.0943 e. The summed E-state index contributed by atoms with van der Waals surface area (Å²) in [6, 6.07) is 56.2. The van der Waals surface area contributed by atoms with Crippen LogP contribution in [0.15, 0.2) is 186 Å². The highest BCUT2D eigenvalue weighted by Gasteiger charge is 2.17. The first-order chi connectivity index (χ1) is 32.9. The minimum absolute atomic E-state index is 0.0453. The predicted molar refractivity (Wildman–Crippen MR) is 294 cm³/mol. The van der Waals surface area contributed by atoms with Gasteiger partial charge >= 0.3 is 0 Å². The average molecular weight is 954 g/mol. The van der Waals surface area contributed by atoms with Crippen molar-refractivity contribution in [3.8, 4) is 34.2 Å². The number of halogens is 1. The van der Waals surface area contributed by atoms with E-state index in [9.17, 15) is 0 Å². The van der Waals surface area contributed by atoms with Crippen molar-refractivity contribution in [2.24, 2.45) is 26.1 Å². The Balaban J connectivity index is 0.000000127. The van der Waals surface area contributed by atoms with E-state index in [4.69, 9.17) is 4.98 Å². The highest BCUT2D eigenvalue weighted by Crippen LogP contribution is 2.37. The molecule has 11 aromatic rings. The van der Waals surface area contributed by atoms with Crippen LogP contribution in [-0.2, 0) is 21.1 Å². The molecule has 0 spiro atoms. The van der Waals surface area contributed by atoms with Crippen molar-refractivity contribution in [3.63, 3.8) is 0 Å². The fourth-order valence-electron chi connectivity index (χ4n) is 8.87. The van der Waals surface area contributed by atoms with Gasteiger partial charge in [0.25, 0.3) is 0 Å². The third-order valence-corrected chi connectivity index (χ3v) is 13.1. The lowest BCUT2D eigenvalue weighted by Crippen LogP contribution is -2.09. The molecule has 11 rings (SSSR count). The molecule has 0 unspecified atom stereocenters. The van der Waals surface area contributed by atoms with Crippen molar-refractivity contribution in [2.45, 2.75) is 47.1 Å². The van der Waals surface area contributed by atoms with E-state index in [0.29, 0.717) is 0 Å². The van der Waals surface area contributed by atoms with Crippen LogP contribution in [0.25, 0.3) is 76.9 Å². The Labute approximate surface area is 408 Å². The van der Waals surface area contributed by atoms with Gasteiger partial charge in [-0.2, -0.15) is 0 Å². The average Bonchev–Trinajstić information content (AvgIpc) is 3.92. The molecule has 0 fully saturated rings. The molecule has 0 bridgehead atoms. The molecule has 0 aliphatic carbocycles. The van der Waals surface area contributed by atoms with Gasteiger partial charge < -0.3 is 13.7 Å². The van der Waals surface area contributed by atoms with Gasteiger partial charge in [-0.25, -0.2) is 0 Å². The van der Waals surface area contributed by atoms with Crippen LogP contribution in [0.3, 0.4) is 0 Å². The van der Waals surface area contributed by atoms with Crippen molar-refractivity contribution in [3.05, 3.63) is 203 Å². The largest absolute Gasteiger partial charge is 0.343 e. The SMILES string of the molecule is CC#Cc1ccccc1.Cc1c(-c2ccccc2)ncc2c3ccccc3n(C)c12.Cc1ncc2c3ccccc3n(C)c2c1-c1ccccc1.Cn1c(Br)c(C=NC(C)(C)C)c2ccccc21. The summed E-state index contributed by atoms with van der Waals surface area (Å²) in [6.45, 7) is 12.4. The first-order valence-electron chi connectivity index (χ1n) is 22.9. The summed E-state index contributed by atoms with van der Waals surface area (Å²) in [4.78, 5) is 13.9. The summed E-state index contributed by atoms with van der Waals surface area (Å²) in [5, 5.41) is 6.21. The first kappa shape index (κ1) is 47.0. The van der Waals surface area contributed by atoms with Gasteiger partial charge in [-0.1, -0.05) is 139 Å². The molecule has 0 radical (unpaired) electrons. The third kappa shape index (κ3) is 9.79. The fourth-order valence-corrected chi connectivity index (χ4v) is 9.38. The Morgan fingerprint density at radius 1 is 0.529 bits per heavy atom. The summed E-state index contributed by atoms with van der Waals surface area (Å²) < 4.78 is 7.77. The van der Waals surface area contributed by atoms with Crippen LogP contribution in [0.2, 0.25) is 0 Å². The molecule has 0 amide bonds. The lowest BCUT2D eigenvalue weighted by molar-refractivity contribution is 0.586. The van der Waals surface area contributed by atoms with E-state index in [1.807, 2.05) is 68.0 Å². The molecule has 0 aliphatic rings. The van der Waals surface area contributed by atoms with Gasteiger partial charge in [0.05, 0.1) is 26.9 Å². The minimum Gasteiger partial charge on any atom is -0.343 e. The van der Waals surface area contributed by atoms with E-state index in [1.165, 1.54) is 76.8 Å². The molecular formula is C61H57BrN6. The fraction of sp³-hybridized carbons (Fsp3) is 0.164. The monoisotopic (exact) mass is 952 g/mol. The number of para-hydroxylation sites is 3. The van der Waals surface area contributed by atoms with Gasteiger partial charge in [0.1, 0.15) is 0 Å². The lowest BCUT2D eigenvalue weighted by Gasteiger charge is -2.10. The van der Waals surface area contributed by atoms with E-state index < -0.39 is 0 Å². The Kier molecular flexibility index (Phi) is 14.2. The van der Waals surface area contributed by atoms with Crippen LogP contribution in [0.4, 0.5) is 0 Å². The van der Waals surface area contributed by atoms with E-state index in [2.05, 4.69) is 229 Å². The third-order valence-electron chi connectivity index (χ3n) is 12.1. The summed E-state index contributed by atoms with van der Waals surface area (Å²) >= 11 is 3.63. The van der Waals surface area contributed by atoms with Gasteiger partial charge in [0, 0.05) is 111 Å². The quantitative estimate of drug-likeness (QED) is 0.131. The first-order valence-corrected chi connectivity index (χ1v) is 23.7. The smallest absolute Gasteiger partial charge is 0.0943 e. The Bertz CT molecular complexity index is 3620. The Morgan fingerprint density at radius 3 is 1.54 bits per heavy atom. The van der Waals surface area contributed by atoms with Crippen LogP contribution < -0.4 is 0 Å². The molecule has 7 heteroatoms. The van der Waals surface area contributed by atoms with E-state index >= 15 is 0 Å². The molecule has 6 nitrogen and oxygen atoms in total. The van der Waals surface area contributed by atoms with Crippen molar-refractivity contribution in [2.75, 3.05) is 0 Å². The number of aliphatic imine (C=N–C) groups is 1. The lowest BCUT2D eigenvalue weighted by atomic mass is 10.0. The number of aromatic nitrogens is 5. The molecule has 0 N–H and O–H groups in total. The van der Waals surface area contributed by atoms with Gasteiger partial charge in [-0.05, 0) is 98.9 Å². The molecule has 0 saturated heterocycles. The van der Waals surface area contributed by atoms with E-state index in [1.54, 1.807) is 0 Å². The number of hydrogen-bond donors (Lipinski definition) is 0. The molecule has 68 heavy (non-hydrogen) atoms. The number of nitrogens with zero attached hydrogens (tertiary/aromatic N) is 6. The zero-order valence-corrected chi connectivity index (χ0v) is 42.0. The van der Waals surface area contributed by atoms with E-state index in [-0.39, 0.29) is 5.54 Å². The number of benzene rings is 6. The Hall–Kier alpha value is -7.53. The van der Waals surface area contributed by atoms with Crippen LogP contribution in [0, 0.1) is 25.7 Å². The zero-order valence-electron chi connectivity index (χ0n) is 40.4. The molecule has 5 heterocycles. The van der Waals surface area contributed by atoms with Gasteiger partial charge in [-0.3, -0.25) is 15.0 Å². The molecule has 338 valence electrons. The van der Waals surface area contributed by atoms with Crippen LogP contribution in [0.5, 0.6) is 0 Å². The molecule has 0 atom stereocenters. The maximum absolute atomic E-state index is 4.73. The molecule has 6 aromatic carbocycles. The normalized spacial score (nSPS) is 11.2. The van der Waals surface area contributed by atoms with Gasteiger partial charge in [0.15, 0.2) is 0 Å². The van der Waals surface area contributed by atoms with Crippen molar-refractivity contribution >= 4 is 76.7 Å². The van der Waals surface area contributed by atoms with Crippen LogP contribution in [-0.4, -0.2) is 35.4 Å². The van der Waals surface area contributed by atoms with Crippen molar-refractivity contribution in [1.29, 1.82) is 0 Å². The molecule has 5 aromatic heterocycles. The Morgan fingerprint density at radius 2 is 0.985 bits per heavy atom. The summed E-state index contributed by atoms with van der Waals surface area (Å²) in [5.41, 5.74) is 15.4. The van der Waals surface area contributed by atoms with Crippen molar-refractivity contribution < 1.29 is 0 Å². The maximum atomic E-state index is 4.73. The van der Waals surface area contributed by atoms with Crippen LogP contribution in [0.1, 0.15) is 50.1 Å². The summed E-state index contributed by atoms with van der Waals surface area (Å²) in [5.74, 6) is 5.79. The van der Waals surface area contributed by atoms with E-state index in [0.717, 1.165) is 27.1 Å². The topological polar surface area (TPSA) is 52.9 Å². The zero-order chi connectivity index (χ0) is 48.0. The second kappa shape index (κ2) is 20.5. The molecule has 0 saturated carbocycles. The highest BCUT2D eigenvalue weighted by atomic mass is 79.9. The number of rotatable bonds is 3. The minimum atomic E-state index is -0.0453. The molecule has 0 aliphatic heterocycles. The second-order valence-electron chi connectivity index (χ2n) is 17.8. The predicted octanol–water partition coefficient (Wildman–Crippen LogP) is 15.6. The number of pyridine rings is 2. The van der Waals surface area contributed by atoms with Crippen molar-refractivity contribution in [1.82, 2.24) is 23.7 Å². The second-order valence-corrected chi connectivity index (χ2v) is 18.6. The van der Waals surface area contributed by atoms with Gasteiger partial charge in [0.2, 0.25) is 0 Å². The van der Waals surface area contributed by atoms with Crippen LogP contribution >= 0.6 is 15.9 Å².